The van der Waals surface area contributed by atoms with Crippen molar-refractivity contribution in [2.75, 3.05) is 0 Å². The zero-order chi connectivity index (χ0) is 8.69. The van der Waals surface area contributed by atoms with Crippen molar-refractivity contribution in [3.05, 3.63) is 0 Å². The molecule has 0 aliphatic carbocycles. The molecule has 0 bridgehead atoms. The van der Waals surface area contributed by atoms with Crippen molar-refractivity contribution in [2.45, 2.75) is 46.0 Å². The Morgan fingerprint density at radius 2 is 2.09 bits per heavy atom. The van der Waals surface area contributed by atoms with Crippen LogP contribution in [0.25, 0.3) is 0 Å². The molecule has 1 nitrogen and oxygen atoms in total. The molecule has 66 valence electrons. The van der Waals surface area contributed by atoms with Gasteiger partial charge in [-0.3, -0.25) is 4.79 Å². The summed E-state index contributed by atoms with van der Waals surface area (Å²) >= 11 is 3.74. The molecule has 0 aliphatic heterocycles. The third kappa shape index (κ3) is 7.92. The summed E-state index contributed by atoms with van der Waals surface area (Å²) in [5.74, 6) is 0.520. The van der Waals surface area contributed by atoms with Gasteiger partial charge in [-0.2, -0.15) is 0 Å². The maximum absolute atomic E-state index is 10.6. The Labute approximate surface area is 75.0 Å². The molecule has 0 fully saturated rings. The molecule has 1 unspecified atom stereocenters. The van der Waals surface area contributed by atoms with Crippen LogP contribution in [-0.4, -0.2) is 5.12 Å². The van der Waals surface area contributed by atoms with Crippen LogP contribution in [-0.2, 0) is 4.79 Å². The standard InChI is InChI=1S/C9H18OS/c1-3-4-5-6-8(2)7-9(10)11/h8H,3-7H2,1-2H3,(H,10,11). The highest BCUT2D eigenvalue weighted by Gasteiger charge is 2.04. The molecule has 0 aromatic heterocycles. The van der Waals surface area contributed by atoms with Crippen LogP contribution in [0.2, 0.25) is 0 Å². The zero-order valence-corrected chi connectivity index (χ0v) is 8.36. The van der Waals surface area contributed by atoms with Gasteiger partial charge in [-0.05, 0) is 5.92 Å². The number of unbranched alkanes of at least 4 members (excludes halogenated alkanes) is 2. The van der Waals surface area contributed by atoms with Gasteiger partial charge in [0.05, 0.1) is 0 Å². The summed E-state index contributed by atoms with van der Waals surface area (Å²) in [6, 6.07) is 0. The molecule has 0 aromatic rings. The second kappa shape index (κ2) is 6.71. The first-order valence-corrected chi connectivity index (χ1v) is 4.83. The predicted molar refractivity (Wildman–Crippen MR) is 51.9 cm³/mol. The van der Waals surface area contributed by atoms with E-state index in [0.29, 0.717) is 12.3 Å². The summed E-state index contributed by atoms with van der Waals surface area (Å²) in [7, 11) is 0. The number of hydrogen-bond donors (Lipinski definition) is 1. The van der Waals surface area contributed by atoms with Crippen molar-refractivity contribution in [3.8, 4) is 0 Å². The Balaban J connectivity index is 3.22. The molecule has 2 heteroatoms. The van der Waals surface area contributed by atoms with Gasteiger partial charge in [0.2, 0.25) is 0 Å². The molecule has 11 heavy (non-hydrogen) atoms. The van der Waals surface area contributed by atoms with Crippen LogP contribution in [0.1, 0.15) is 46.0 Å². The van der Waals surface area contributed by atoms with Crippen molar-refractivity contribution in [3.63, 3.8) is 0 Å². The van der Waals surface area contributed by atoms with Gasteiger partial charge in [-0.25, -0.2) is 0 Å². The van der Waals surface area contributed by atoms with E-state index in [4.69, 9.17) is 0 Å². The lowest BCUT2D eigenvalue weighted by Crippen LogP contribution is -1.99. The largest absolute Gasteiger partial charge is 0.287 e. The minimum Gasteiger partial charge on any atom is -0.287 e. The fourth-order valence-electron chi connectivity index (χ4n) is 1.14. The lowest BCUT2D eigenvalue weighted by atomic mass is 10.0. The predicted octanol–water partition coefficient (Wildman–Crippen LogP) is 3.05. The van der Waals surface area contributed by atoms with Gasteiger partial charge in [0.15, 0.2) is 5.12 Å². The average Bonchev–Trinajstić information content (AvgIpc) is 1.86. The second-order valence-electron chi connectivity index (χ2n) is 3.20. The van der Waals surface area contributed by atoms with Gasteiger partial charge < -0.3 is 0 Å². The smallest absolute Gasteiger partial charge is 0.186 e. The number of carbonyl (C=O) groups is 1. The van der Waals surface area contributed by atoms with Gasteiger partial charge in [-0.15, -0.1) is 12.6 Å². The summed E-state index contributed by atoms with van der Waals surface area (Å²) in [5, 5.41) is 0.0222. The Bertz CT molecular complexity index is 112. The van der Waals surface area contributed by atoms with E-state index in [-0.39, 0.29) is 5.12 Å². The van der Waals surface area contributed by atoms with E-state index in [1.165, 1.54) is 25.7 Å². The van der Waals surface area contributed by atoms with Gasteiger partial charge in [0, 0.05) is 6.42 Å². The molecule has 0 N–H and O–H groups in total. The number of carbonyl (C=O) groups excluding carboxylic acids is 1. The summed E-state index contributed by atoms with van der Waals surface area (Å²) in [4.78, 5) is 10.6. The second-order valence-corrected chi connectivity index (χ2v) is 3.70. The van der Waals surface area contributed by atoms with Crippen LogP contribution in [0.3, 0.4) is 0 Å². The first-order chi connectivity index (χ1) is 5.16. The SMILES string of the molecule is CCCCCC(C)CC(=O)S. The van der Waals surface area contributed by atoms with E-state index < -0.39 is 0 Å². The highest BCUT2D eigenvalue weighted by atomic mass is 32.1. The monoisotopic (exact) mass is 174 g/mol. The van der Waals surface area contributed by atoms with E-state index in [1.807, 2.05) is 0 Å². The van der Waals surface area contributed by atoms with Crippen molar-refractivity contribution >= 4 is 17.7 Å². The van der Waals surface area contributed by atoms with Crippen LogP contribution in [0.15, 0.2) is 0 Å². The Kier molecular flexibility index (Phi) is 6.73. The van der Waals surface area contributed by atoms with Crippen molar-refractivity contribution in [2.24, 2.45) is 5.92 Å². The first-order valence-electron chi connectivity index (χ1n) is 4.38. The molecule has 0 rings (SSSR count). The fraction of sp³-hybridized carbons (Fsp3) is 0.889. The lowest BCUT2D eigenvalue weighted by molar-refractivity contribution is -0.111. The molecule has 0 amide bonds. The molecule has 1 atom stereocenters. The van der Waals surface area contributed by atoms with Crippen LogP contribution >= 0.6 is 12.6 Å². The number of hydrogen-bond acceptors (Lipinski definition) is 1. The normalized spacial score (nSPS) is 13.0. The van der Waals surface area contributed by atoms with Gasteiger partial charge in [0.25, 0.3) is 0 Å². The molecule has 0 aliphatic rings. The third-order valence-corrected chi connectivity index (χ3v) is 2.01. The van der Waals surface area contributed by atoms with E-state index in [9.17, 15) is 4.79 Å². The highest BCUT2D eigenvalue weighted by molar-refractivity contribution is 7.96. The number of rotatable bonds is 6. The van der Waals surface area contributed by atoms with Gasteiger partial charge in [0.1, 0.15) is 0 Å². The minimum atomic E-state index is 0.0222. The molecule has 0 spiro atoms. The highest BCUT2D eigenvalue weighted by Crippen LogP contribution is 2.13. The molecular formula is C9H18OS. The summed E-state index contributed by atoms with van der Waals surface area (Å²) in [5.41, 5.74) is 0. The quantitative estimate of drug-likeness (QED) is 0.484. The third-order valence-electron chi connectivity index (χ3n) is 1.82. The van der Waals surface area contributed by atoms with E-state index in [0.717, 1.165) is 0 Å². The van der Waals surface area contributed by atoms with Gasteiger partial charge in [-0.1, -0.05) is 39.5 Å². The summed E-state index contributed by atoms with van der Waals surface area (Å²) in [6.07, 6.45) is 5.58. The Morgan fingerprint density at radius 3 is 2.55 bits per heavy atom. The maximum atomic E-state index is 10.6. The molecule has 0 saturated carbocycles. The molecular weight excluding hydrogens is 156 g/mol. The van der Waals surface area contributed by atoms with Crippen LogP contribution < -0.4 is 0 Å². The van der Waals surface area contributed by atoms with Crippen LogP contribution in [0.5, 0.6) is 0 Å². The molecule has 0 aromatic carbocycles. The van der Waals surface area contributed by atoms with Gasteiger partial charge >= 0.3 is 0 Å². The summed E-state index contributed by atoms with van der Waals surface area (Å²) < 4.78 is 0. The minimum absolute atomic E-state index is 0.0222. The zero-order valence-electron chi connectivity index (χ0n) is 7.47. The first kappa shape index (κ1) is 11.0. The van der Waals surface area contributed by atoms with Crippen molar-refractivity contribution in [1.82, 2.24) is 0 Å². The van der Waals surface area contributed by atoms with E-state index in [1.54, 1.807) is 0 Å². The molecule has 0 heterocycles. The van der Waals surface area contributed by atoms with E-state index >= 15 is 0 Å². The lowest BCUT2D eigenvalue weighted by Gasteiger charge is -2.06. The maximum Gasteiger partial charge on any atom is 0.186 e. The van der Waals surface area contributed by atoms with Crippen LogP contribution in [0, 0.1) is 5.92 Å². The van der Waals surface area contributed by atoms with E-state index in [2.05, 4.69) is 26.5 Å². The fourth-order valence-corrected chi connectivity index (χ4v) is 1.45. The van der Waals surface area contributed by atoms with Crippen molar-refractivity contribution < 1.29 is 4.79 Å². The average molecular weight is 174 g/mol. The molecule has 0 radical (unpaired) electrons. The Hall–Kier alpha value is 0.0200. The van der Waals surface area contributed by atoms with Crippen LogP contribution in [0.4, 0.5) is 0 Å². The summed E-state index contributed by atoms with van der Waals surface area (Å²) in [6.45, 7) is 4.30. The Morgan fingerprint density at radius 1 is 1.45 bits per heavy atom. The van der Waals surface area contributed by atoms with Crippen molar-refractivity contribution in [1.29, 1.82) is 0 Å². The topological polar surface area (TPSA) is 17.1 Å². The number of thiol groups is 1. The molecule has 0 saturated heterocycles.